The fourth-order valence-electron chi connectivity index (χ4n) is 3.13. The van der Waals surface area contributed by atoms with Crippen LogP contribution in [0.25, 0.3) is 10.2 Å². The number of rotatable bonds is 6. The van der Waals surface area contributed by atoms with E-state index in [0.29, 0.717) is 0 Å². The van der Waals surface area contributed by atoms with Gasteiger partial charge < -0.3 is 15.3 Å². The zero-order valence-electron chi connectivity index (χ0n) is 13.2. The van der Waals surface area contributed by atoms with Gasteiger partial charge >= 0.3 is 0 Å². The second kappa shape index (κ2) is 7.51. The molecule has 0 saturated carbocycles. The number of β-amino-alcohol motifs (C(OH)–C–C–N with tert-alkyl or cyclic N) is 1. The van der Waals surface area contributed by atoms with E-state index in [-0.39, 0.29) is 6.10 Å². The molecule has 1 aliphatic rings. The third-order valence-electron chi connectivity index (χ3n) is 4.28. The highest BCUT2D eigenvalue weighted by Gasteiger charge is 2.19. The Balaban J connectivity index is 1.40. The fraction of sp³-hybridized carbons (Fsp3) is 0.588. The number of hydrogen-bond donors (Lipinski definition) is 2. The van der Waals surface area contributed by atoms with Crippen molar-refractivity contribution in [1.82, 2.24) is 15.2 Å². The minimum atomic E-state index is -0.214. The number of fused-ring (bicyclic) bond motifs is 1. The molecule has 2 heterocycles. The van der Waals surface area contributed by atoms with Crippen LogP contribution in [0.2, 0.25) is 0 Å². The van der Waals surface area contributed by atoms with Crippen molar-refractivity contribution in [1.29, 1.82) is 0 Å². The number of piperidine rings is 1. The number of nitrogens with zero attached hydrogens (tertiary/aromatic N) is 2. The van der Waals surface area contributed by atoms with E-state index in [0.717, 1.165) is 44.2 Å². The Morgan fingerprint density at radius 2 is 2.14 bits per heavy atom. The summed E-state index contributed by atoms with van der Waals surface area (Å²) < 4.78 is 1.27. The number of aromatic nitrogens is 1. The lowest BCUT2D eigenvalue weighted by atomic mass is 9.96. The Morgan fingerprint density at radius 3 is 2.86 bits per heavy atom. The molecule has 1 aliphatic heterocycles. The van der Waals surface area contributed by atoms with E-state index in [1.807, 2.05) is 13.0 Å². The molecule has 5 heteroatoms. The highest BCUT2D eigenvalue weighted by molar-refractivity contribution is 7.18. The SMILES string of the molecule is C[C@@H](O)CN1CCC(CNCc2nc3ccccc3s2)CC1. The molecule has 1 aromatic carbocycles. The van der Waals surface area contributed by atoms with Crippen molar-refractivity contribution in [2.75, 3.05) is 26.2 Å². The van der Waals surface area contributed by atoms with Gasteiger partial charge in [-0.25, -0.2) is 4.98 Å². The number of aliphatic hydroxyl groups is 1. The third kappa shape index (κ3) is 4.26. The molecule has 1 saturated heterocycles. The van der Waals surface area contributed by atoms with Gasteiger partial charge in [-0.2, -0.15) is 0 Å². The molecule has 0 bridgehead atoms. The molecule has 3 rings (SSSR count). The quantitative estimate of drug-likeness (QED) is 0.859. The lowest BCUT2D eigenvalue weighted by molar-refractivity contribution is 0.0998. The van der Waals surface area contributed by atoms with E-state index < -0.39 is 0 Å². The summed E-state index contributed by atoms with van der Waals surface area (Å²) in [4.78, 5) is 7.03. The summed E-state index contributed by atoms with van der Waals surface area (Å²) in [5.41, 5.74) is 1.11. The first-order valence-electron chi connectivity index (χ1n) is 8.16. The van der Waals surface area contributed by atoms with Crippen molar-refractivity contribution in [3.05, 3.63) is 29.3 Å². The van der Waals surface area contributed by atoms with Crippen LogP contribution in [0.3, 0.4) is 0 Å². The first-order valence-corrected chi connectivity index (χ1v) is 8.98. The number of benzene rings is 1. The molecule has 120 valence electrons. The third-order valence-corrected chi connectivity index (χ3v) is 5.31. The van der Waals surface area contributed by atoms with Crippen LogP contribution in [0.4, 0.5) is 0 Å². The molecule has 0 unspecified atom stereocenters. The minimum Gasteiger partial charge on any atom is -0.392 e. The van der Waals surface area contributed by atoms with Gasteiger partial charge in [0, 0.05) is 13.1 Å². The van der Waals surface area contributed by atoms with Crippen LogP contribution in [0.5, 0.6) is 0 Å². The van der Waals surface area contributed by atoms with Crippen molar-refractivity contribution in [2.24, 2.45) is 5.92 Å². The first kappa shape index (κ1) is 15.9. The summed E-state index contributed by atoms with van der Waals surface area (Å²) in [5, 5.41) is 14.2. The predicted molar refractivity (Wildman–Crippen MR) is 92.2 cm³/mol. The highest BCUT2D eigenvalue weighted by atomic mass is 32.1. The number of hydrogen-bond acceptors (Lipinski definition) is 5. The van der Waals surface area contributed by atoms with E-state index in [1.54, 1.807) is 11.3 Å². The zero-order chi connectivity index (χ0) is 15.4. The van der Waals surface area contributed by atoms with Crippen LogP contribution >= 0.6 is 11.3 Å². The Hall–Kier alpha value is -1.01. The summed E-state index contributed by atoms with van der Waals surface area (Å²) >= 11 is 1.78. The summed E-state index contributed by atoms with van der Waals surface area (Å²) in [7, 11) is 0. The van der Waals surface area contributed by atoms with Gasteiger partial charge in [0.2, 0.25) is 0 Å². The minimum absolute atomic E-state index is 0.214. The lowest BCUT2D eigenvalue weighted by Gasteiger charge is -2.32. The second-order valence-corrected chi connectivity index (χ2v) is 7.41. The molecule has 22 heavy (non-hydrogen) atoms. The molecule has 0 aliphatic carbocycles. The highest BCUT2D eigenvalue weighted by Crippen LogP contribution is 2.21. The maximum Gasteiger partial charge on any atom is 0.108 e. The van der Waals surface area contributed by atoms with Crippen LogP contribution < -0.4 is 5.32 Å². The van der Waals surface area contributed by atoms with Crippen LogP contribution in [-0.4, -0.2) is 47.3 Å². The Labute approximate surface area is 136 Å². The van der Waals surface area contributed by atoms with Crippen LogP contribution in [0.15, 0.2) is 24.3 Å². The van der Waals surface area contributed by atoms with Gasteiger partial charge in [0.1, 0.15) is 5.01 Å². The summed E-state index contributed by atoms with van der Waals surface area (Å²) in [6.07, 6.45) is 2.23. The lowest BCUT2D eigenvalue weighted by Crippen LogP contribution is -2.40. The molecule has 2 aromatic rings. The Kier molecular flexibility index (Phi) is 5.41. The van der Waals surface area contributed by atoms with Crippen molar-refractivity contribution in [3.63, 3.8) is 0 Å². The molecule has 1 fully saturated rings. The van der Waals surface area contributed by atoms with E-state index in [4.69, 9.17) is 0 Å². The molecule has 0 amide bonds. The molecule has 0 spiro atoms. The molecule has 0 radical (unpaired) electrons. The summed E-state index contributed by atoms with van der Waals surface area (Å²) in [6.45, 7) is 6.83. The molecular weight excluding hydrogens is 294 g/mol. The topological polar surface area (TPSA) is 48.4 Å². The summed E-state index contributed by atoms with van der Waals surface area (Å²) in [5.74, 6) is 0.750. The summed E-state index contributed by atoms with van der Waals surface area (Å²) in [6, 6.07) is 8.32. The van der Waals surface area contributed by atoms with E-state index in [1.165, 1.54) is 22.5 Å². The maximum atomic E-state index is 9.44. The standard InChI is InChI=1S/C17H25N3OS/c1-13(21)12-20-8-6-14(7-9-20)10-18-11-17-19-15-4-2-3-5-16(15)22-17/h2-5,13-14,18,21H,6-12H2,1H3/t13-/m1/s1. The molecule has 1 aromatic heterocycles. The average Bonchev–Trinajstić information content (AvgIpc) is 2.91. The van der Waals surface area contributed by atoms with Gasteiger partial charge in [0.15, 0.2) is 0 Å². The van der Waals surface area contributed by atoms with Crippen molar-refractivity contribution < 1.29 is 5.11 Å². The predicted octanol–water partition coefficient (Wildman–Crippen LogP) is 2.48. The van der Waals surface area contributed by atoms with E-state index >= 15 is 0 Å². The van der Waals surface area contributed by atoms with Gasteiger partial charge in [-0.1, -0.05) is 12.1 Å². The Bertz CT molecular complexity index is 557. The fourth-order valence-corrected chi connectivity index (χ4v) is 4.06. The van der Waals surface area contributed by atoms with Crippen LogP contribution in [0.1, 0.15) is 24.8 Å². The smallest absolute Gasteiger partial charge is 0.108 e. The largest absolute Gasteiger partial charge is 0.392 e. The molecular formula is C17H25N3OS. The van der Waals surface area contributed by atoms with E-state index in [2.05, 4.69) is 33.4 Å². The van der Waals surface area contributed by atoms with Gasteiger partial charge in [-0.05, 0) is 57.5 Å². The van der Waals surface area contributed by atoms with Crippen molar-refractivity contribution >= 4 is 21.6 Å². The molecule has 1 atom stereocenters. The van der Waals surface area contributed by atoms with Crippen molar-refractivity contribution in [3.8, 4) is 0 Å². The number of likely N-dealkylation sites (tertiary alicyclic amines) is 1. The second-order valence-electron chi connectivity index (χ2n) is 6.30. The first-order chi connectivity index (χ1) is 10.7. The number of thiazole rings is 1. The zero-order valence-corrected chi connectivity index (χ0v) is 14.0. The number of aliphatic hydroxyl groups excluding tert-OH is 1. The maximum absolute atomic E-state index is 9.44. The van der Waals surface area contributed by atoms with Gasteiger partial charge in [0.25, 0.3) is 0 Å². The van der Waals surface area contributed by atoms with Crippen molar-refractivity contribution in [2.45, 2.75) is 32.4 Å². The van der Waals surface area contributed by atoms with Gasteiger partial charge in [-0.3, -0.25) is 0 Å². The number of nitrogens with one attached hydrogen (secondary N) is 1. The van der Waals surface area contributed by atoms with Gasteiger partial charge in [-0.15, -0.1) is 11.3 Å². The Morgan fingerprint density at radius 1 is 1.36 bits per heavy atom. The van der Waals surface area contributed by atoms with Crippen LogP contribution in [0, 0.1) is 5.92 Å². The van der Waals surface area contributed by atoms with Crippen LogP contribution in [-0.2, 0) is 6.54 Å². The van der Waals surface area contributed by atoms with E-state index in [9.17, 15) is 5.11 Å². The monoisotopic (exact) mass is 319 g/mol. The molecule has 2 N–H and O–H groups in total. The molecule has 4 nitrogen and oxygen atoms in total. The van der Waals surface area contributed by atoms with Gasteiger partial charge in [0.05, 0.1) is 16.3 Å². The average molecular weight is 319 g/mol. The normalized spacial score (nSPS) is 18.8. The number of para-hydroxylation sites is 1.